The van der Waals surface area contributed by atoms with E-state index in [1.807, 2.05) is 0 Å². The second-order valence-electron chi connectivity index (χ2n) is 4.72. The summed E-state index contributed by atoms with van der Waals surface area (Å²) in [6.07, 6.45) is 0.239. The van der Waals surface area contributed by atoms with Crippen LogP contribution in [-0.2, 0) is 9.59 Å². The fourth-order valence-electron chi connectivity index (χ4n) is 2.56. The van der Waals surface area contributed by atoms with Crippen LogP contribution in [0.25, 0.3) is 10.8 Å². The van der Waals surface area contributed by atoms with Gasteiger partial charge in [0.15, 0.2) is 0 Å². The Morgan fingerprint density at radius 1 is 1.05 bits per heavy atom. The van der Waals surface area contributed by atoms with Gasteiger partial charge in [-0.3, -0.25) is 9.59 Å². The highest BCUT2D eigenvalue weighted by molar-refractivity contribution is 9.10. The summed E-state index contributed by atoms with van der Waals surface area (Å²) in [5, 5.41) is 10.7. The third-order valence-corrected chi connectivity index (χ3v) is 4.18. The molecule has 0 aliphatic carbocycles. The molecule has 0 aromatic heterocycles. The number of anilines is 1. The van der Waals surface area contributed by atoms with Gasteiger partial charge in [0.1, 0.15) is 0 Å². The molecule has 1 saturated heterocycles. The van der Waals surface area contributed by atoms with Gasteiger partial charge < -0.3 is 5.11 Å². The van der Waals surface area contributed by atoms with Gasteiger partial charge in [-0.25, -0.2) is 9.69 Å². The normalized spacial score (nSPS) is 15.0. The van der Waals surface area contributed by atoms with Crippen LogP contribution in [-0.4, -0.2) is 22.9 Å². The monoisotopic (exact) mass is 347 g/mol. The van der Waals surface area contributed by atoms with E-state index >= 15 is 0 Å². The Kier molecular flexibility index (Phi) is 3.25. The summed E-state index contributed by atoms with van der Waals surface area (Å²) in [4.78, 5) is 36.4. The molecular weight excluding hydrogens is 338 g/mol. The Labute approximate surface area is 128 Å². The number of hydrogen-bond donors (Lipinski definition) is 1. The van der Waals surface area contributed by atoms with E-state index in [1.165, 1.54) is 6.07 Å². The molecule has 2 amide bonds. The van der Waals surface area contributed by atoms with Gasteiger partial charge in [0.2, 0.25) is 11.8 Å². The van der Waals surface area contributed by atoms with Gasteiger partial charge in [-0.2, -0.15) is 0 Å². The first-order valence-electron chi connectivity index (χ1n) is 6.31. The molecule has 1 aliphatic heterocycles. The molecule has 0 saturated carbocycles. The number of carbonyl (C=O) groups is 3. The topological polar surface area (TPSA) is 74.7 Å². The smallest absolute Gasteiger partial charge is 0.338 e. The van der Waals surface area contributed by atoms with Crippen LogP contribution in [0, 0.1) is 0 Å². The lowest BCUT2D eigenvalue weighted by molar-refractivity contribution is -0.121. The van der Waals surface area contributed by atoms with Crippen molar-refractivity contribution in [2.45, 2.75) is 12.8 Å². The minimum atomic E-state index is -1.17. The number of nitrogens with zero attached hydrogens (tertiary/aromatic N) is 1. The second-order valence-corrected chi connectivity index (χ2v) is 5.58. The lowest BCUT2D eigenvalue weighted by atomic mass is 10.0. The van der Waals surface area contributed by atoms with Crippen LogP contribution < -0.4 is 4.90 Å². The summed E-state index contributed by atoms with van der Waals surface area (Å²) in [7, 11) is 0. The molecule has 6 heteroatoms. The Morgan fingerprint density at radius 2 is 1.71 bits per heavy atom. The van der Waals surface area contributed by atoms with Crippen LogP contribution in [0.4, 0.5) is 5.69 Å². The molecule has 0 atom stereocenters. The molecule has 106 valence electrons. The molecule has 2 aromatic carbocycles. The Morgan fingerprint density at radius 3 is 2.33 bits per heavy atom. The van der Waals surface area contributed by atoms with Crippen molar-refractivity contribution in [1.29, 1.82) is 0 Å². The van der Waals surface area contributed by atoms with Crippen LogP contribution in [0.2, 0.25) is 0 Å². The molecule has 0 radical (unpaired) electrons. The fourth-order valence-corrected chi connectivity index (χ4v) is 3.06. The fraction of sp³-hybridized carbons (Fsp3) is 0.133. The molecule has 0 unspecified atom stereocenters. The summed E-state index contributed by atoms with van der Waals surface area (Å²) >= 11 is 3.37. The minimum Gasteiger partial charge on any atom is -0.478 e. The number of carboxylic acids is 1. The number of aromatic carboxylic acids is 1. The van der Waals surface area contributed by atoms with E-state index in [9.17, 15) is 19.5 Å². The van der Waals surface area contributed by atoms with E-state index in [2.05, 4.69) is 15.9 Å². The molecular formula is C15H10BrNO4. The highest BCUT2D eigenvalue weighted by Crippen LogP contribution is 2.34. The molecule has 5 nitrogen and oxygen atoms in total. The Bertz CT molecular complexity index is 784. The van der Waals surface area contributed by atoms with Gasteiger partial charge >= 0.3 is 5.97 Å². The molecule has 3 rings (SSSR count). The second kappa shape index (κ2) is 4.96. The average molecular weight is 348 g/mol. The molecule has 1 heterocycles. The number of carboxylic acid groups (broad SMARTS) is 1. The molecule has 0 spiro atoms. The summed E-state index contributed by atoms with van der Waals surface area (Å²) in [5.74, 6) is -1.89. The summed E-state index contributed by atoms with van der Waals surface area (Å²) < 4.78 is 0.758. The maximum atomic E-state index is 11.9. The van der Waals surface area contributed by atoms with Crippen molar-refractivity contribution in [3.05, 3.63) is 40.4 Å². The average Bonchev–Trinajstić information content (AvgIpc) is 2.77. The SMILES string of the molecule is O=C(O)c1c(N2C(=O)CCC2=O)ccc2c(Br)cccc12. The van der Waals surface area contributed by atoms with Gasteiger partial charge in [0.05, 0.1) is 11.3 Å². The summed E-state index contributed by atoms with van der Waals surface area (Å²) in [5.41, 5.74) is 0.109. The van der Waals surface area contributed by atoms with Crippen LogP contribution in [0.15, 0.2) is 34.8 Å². The number of rotatable bonds is 2. The van der Waals surface area contributed by atoms with E-state index < -0.39 is 5.97 Å². The van der Waals surface area contributed by atoms with Crippen molar-refractivity contribution < 1.29 is 19.5 Å². The zero-order valence-corrected chi connectivity index (χ0v) is 12.4. The minimum absolute atomic E-state index is 0.0302. The van der Waals surface area contributed by atoms with Crippen molar-refractivity contribution in [2.75, 3.05) is 4.90 Å². The van der Waals surface area contributed by atoms with E-state index in [4.69, 9.17) is 0 Å². The van der Waals surface area contributed by atoms with Crippen LogP contribution in [0.5, 0.6) is 0 Å². The predicted octanol–water partition coefficient (Wildman–Crippen LogP) is 2.95. The number of benzene rings is 2. The third-order valence-electron chi connectivity index (χ3n) is 3.49. The van der Waals surface area contributed by atoms with E-state index in [1.54, 1.807) is 24.3 Å². The lowest BCUT2D eigenvalue weighted by Gasteiger charge is -2.18. The van der Waals surface area contributed by atoms with Crippen LogP contribution >= 0.6 is 15.9 Å². The largest absolute Gasteiger partial charge is 0.478 e. The highest BCUT2D eigenvalue weighted by atomic mass is 79.9. The van der Waals surface area contributed by atoms with Crippen LogP contribution in [0.3, 0.4) is 0 Å². The van der Waals surface area contributed by atoms with E-state index in [0.29, 0.717) is 5.39 Å². The van der Waals surface area contributed by atoms with E-state index in [0.717, 1.165) is 14.8 Å². The van der Waals surface area contributed by atoms with Crippen molar-refractivity contribution in [1.82, 2.24) is 0 Å². The third kappa shape index (κ3) is 2.12. The molecule has 1 N–H and O–H groups in total. The zero-order valence-electron chi connectivity index (χ0n) is 10.8. The number of imide groups is 1. The molecule has 21 heavy (non-hydrogen) atoms. The molecule has 1 fully saturated rings. The predicted molar refractivity (Wildman–Crippen MR) is 80.3 cm³/mol. The number of fused-ring (bicyclic) bond motifs is 1. The molecule has 1 aliphatic rings. The van der Waals surface area contributed by atoms with Crippen LogP contribution in [0.1, 0.15) is 23.2 Å². The maximum Gasteiger partial charge on any atom is 0.338 e. The Hall–Kier alpha value is -2.21. The maximum absolute atomic E-state index is 11.9. The number of carbonyl (C=O) groups excluding carboxylic acids is 2. The van der Waals surface area contributed by atoms with Gasteiger partial charge in [-0.05, 0) is 22.9 Å². The highest BCUT2D eigenvalue weighted by Gasteiger charge is 2.33. The first kappa shape index (κ1) is 13.8. The summed E-state index contributed by atoms with van der Waals surface area (Å²) in [6, 6.07) is 8.41. The number of hydrogen-bond acceptors (Lipinski definition) is 3. The van der Waals surface area contributed by atoms with Gasteiger partial charge in [0, 0.05) is 17.3 Å². The first-order chi connectivity index (χ1) is 10.0. The lowest BCUT2D eigenvalue weighted by Crippen LogP contribution is -2.30. The van der Waals surface area contributed by atoms with Crippen molar-refractivity contribution in [3.8, 4) is 0 Å². The molecule has 2 aromatic rings. The van der Waals surface area contributed by atoms with Gasteiger partial charge in [-0.1, -0.05) is 34.1 Å². The number of halogens is 1. The zero-order chi connectivity index (χ0) is 15.1. The number of amides is 2. The van der Waals surface area contributed by atoms with E-state index in [-0.39, 0.29) is 35.9 Å². The van der Waals surface area contributed by atoms with Gasteiger partial charge in [-0.15, -0.1) is 0 Å². The Balaban J connectivity index is 2.34. The van der Waals surface area contributed by atoms with Crippen molar-refractivity contribution in [2.24, 2.45) is 0 Å². The standard InChI is InChI=1S/C15H10BrNO4/c16-10-3-1-2-9-8(10)4-5-11(14(9)15(20)21)17-12(18)6-7-13(17)19/h1-5H,6-7H2,(H,20,21). The van der Waals surface area contributed by atoms with Gasteiger partial charge in [0.25, 0.3) is 0 Å². The first-order valence-corrected chi connectivity index (χ1v) is 7.10. The summed E-state index contributed by atoms with van der Waals surface area (Å²) in [6.45, 7) is 0. The van der Waals surface area contributed by atoms with Crippen molar-refractivity contribution in [3.63, 3.8) is 0 Å². The molecule has 0 bridgehead atoms. The van der Waals surface area contributed by atoms with Crippen molar-refractivity contribution >= 4 is 50.2 Å². The quantitative estimate of drug-likeness (QED) is 0.847.